The van der Waals surface area contributed by atoms with Crippen molar-refractivity contribution in [1.82, 2.24) is 10.3 Å². The quantitative estimate of drug-likeness (QED) is 0.674. The van der Waals surface area contributed by atoms with Gasteiger partial charge in [0.15, 0.2) is 0 Å². The number of ether oxygens (including phenoxy) is 2. The summed E-state index contributed by atoms with van der Waals surface area (Å²) in [5.74, 6) is 0.555. The molecule has 1 unspecified atom stereocenters. The fourth-order valence-corrected chi connectivity index (χ4v) is 2.70. The molecule has 1 aromatic carbocycles. The molecular weight excluding hydrogens is 396 g/mol. The molecule has 0 spiro atoms. The van der Waals surface area contributed by atoms with Crippen LogP contribution < -0.4 is 15.4 Å². The molecule has 1 aromatic heterocycles. The Morgan fingerprint density at radius 3 is 2.48 bits per heavy atom. The Balaban J connectivity index is 1.99. The first-order valence-corrected chi connectivity index (χ1v) is 10.1. The maximum Gasteiger partial charge on any atom is 0.408 e. The molecule has 0 saturated heterocycles. The van der Waals surface area contributed by atoms with Crippen LogP contribution in [0.15, 0.2) is 36.5 Å². The van der Waals surface area contributed by atoms with Crippen LogP contribution in [-0.4, -0.2) is 28.6 Å². The number of benzene rings is 1. The molecule has 164 valence electrons. The molecule has 0 aliphatic carbocycles. The fraction of sp³-hybridized carbons (Fsp3) is 0.391. The number of pyridine rings is 1. The van der Waals surface area contributed by atoms with E-state index in [1.807, 2.05) is 13.0 Å². The van der Waals surface area contributed by atoms with Crippen LogP contribution in [-0.2, 0) is 16.0 Å². The van der Waals surface area contributed by atoms with Gasteiger partial charge in [-0.25, -0.2) is 9.78 Å². The van der Waals surface area contributed by atoms with Crippen molar-refractivity contribution in [1.29, 1.82) is 5.26 Å². The van der Waals surface area contributed by atoms with E-state index in [1.54, 1.807) is 52.0 Å². The molecule has 0 fully saturated rings. The van der Waals surface area contributed by atoms with Crippen molar-refractivity contribution in [2.45, 2.75) is 59.1 Å². The van der Waals surface area contributed by atoms with Crippen molar-refractivity contribution in [2.75, 3.05) is 5.32 Å². The lowest BCUT2D eigenvalue weighted by Gasteiger charge is -2.22. The molecule has 31 heavy (non-hydrogen) atoms. The third-order valence-electron chi connectivity index (χ3n) is 4.22. The third-order valence-corrected chi connectivity index (χ3v) is 4.22. The lowest BCUT2D eigenvalue weighted by Crippen LogP contribution is -2.45. The minimum Gasteiger partial charge on any atom is -0.444 e. The van der Waals surface area contributed by atoms with Gasteiger partial charge in [-0.3, -0.25) is 4.79 Å². The predicted molar refractivity (Wildman–Crippen MR) is 117 cm³/mol. The summed E-state index contributed by atoms with van der Waals surface area (Å²) in [6.45, 7) is 9.02. The van der Waals surface area contributed by atoms with E-state index in [0.717, 1.165) is 5.56 Å². The highest BCUT2D eigenvalue weighted by molar-refractivity contribution is 5.96. The summed E-state index contributed by atoms with van der Waals surface area (Å²) in [7, 11) is 0. The Labute approximate surface area is 182 Å². The van der Waals surface area contributed by atoms with Crippen LogP contribution in [0.25, 0.3) is 0 Å². The first-order valence-electron chi connectivity index (χ1n) is 10.1. The highest BCUT2D eigenvalue weighted by Crippen LogP contribution is 2.24. The van der Waals surface area contributed by atoms with Gasteiger partial charge in [0.2, 0.25) is 11.8 Å². The molecule has 0 bridgehead atoms. The van der Waals surface area contributed by atoms with E-state index in [0.29, 0.717) is 35.7 Å². The summed E-state index contributed by atoms with van der Waals surface area (Å²) >= 11 is 0. The number of nitrogens with one attached hydrogen (secondary N) is 2. The van der Waals surface area contributed by atoms with Crippen LogP contribution >= 0.6 is 0 Å². The standard InChI is InChI=1S/C23H28N4O4/c1-6-15-12-18(10-8-16(15)13-24)30-20-11-9-17(14-25-20)26-21(28)19(7-2)27-22(29)31-23(3,4)5/h8-12,14,19H,6-7H2,1-5H3,(H,26,28)(H,27,29). The van der Waals surface area contributed by atoms with Gasteiger partial charge in [-0.15, -0.1) is 0 Å². The van der Waals surface area contributed by atoms with Gasteiger partial charge in [0.05, 0.1) is 23.5 Å². The first kappa shape index (κ1) is 23.7. The van der Waals surface area contributed by atoms with Crippen LogP contribution in [0.1, 0.15) is 52.2 Å². The molecule has 2 rings (SSSR count). The Bertz CT molecular complexity index is 959. The zero-order valence-electron chi connectivity index (χ0n) is 18.5. The van der Waals surface area contributed by atoms with Crippen LogP contribution in [0.3, 0.4) is 0 Å². The van der Waals surface area contributed by atoms with E-state index in [1.165, 1.54) is 6.20 Å². The van der Waals surface area contributed by atoms with E-state index in [4.69, 9.17) is 14.7 Å². The van der Waals surface area contributed by atoms with Crippen LogP contribution in [0.5, 0.6) is 11.6 Å². The van der Waals surface area contributed by atoms with Crippen LogP contribution in [0.2, 0.25) is 0 Å². The zero-order chi connectivity index (χ0) is 23.0. The minimum absolute atomic E-state index is 0.351. The number of amides is 2. The van der Waals surface area contributed by atoms with Gasteiger partial charge in [0.1, 0.15) is 17.4 Å². The zero-order valence-corrected chi connectivity index (χ0v) is 18.5. The fourth-order valence-electron chi connectivity index (χ4n) is 2.70. The highest BCUT2D eigenvalue weighted by Gasteiger charge is 2.23. The maximum atomic E-state index is 12.5. The topological polar surface area (TPSA) is 113 Å². The van der Waals surface area contributed by atoms with Crippen molar-refractivity contribution in [2.24, 2.45) is 0 Å². The smallest absolute Gasteiger partial charge is 0.408 e. The Hall–Kier alpha value is -3.60. The number of alkyl carbamates (subject to hydrolysis) is 1. The normalized spacial score (nSPS) is 11.7. The third kappa shape index (κ3) is 7.30. The lowest BCUT2D eigenvalue weighted by molar-refractivity contribution is -0.118. The summed E-state index contributed by atoms with van der Waals surface area (Å²) < 4.78 is 10.9. The largest absolute Gasteiger partial charge is 0.444 e. The van der Waals surface area contributed by atoms with Gasteiger partial charge in [0, 0.05) is 6.07 Å². The van der Waals surface area contributed by atoms with Crippen molar-refractivity contribution in [3.05, 3.63) is 47.7 Å². The highest BCUT2D eigenvalue weighted by atomic mass is 16.6. The Kier molecular flexibility index (Phi) is 7.97. The number of aryl methyl sites for hydroxylation is 1. The summed E-state index contributed by atoms with van der Waals surface area (Å²) in [6.07, 6.45) is 1.94. The van der Waals surface area contributed by atoms with Gasteiger partial charge in [-0.05, 0) is 63.4 Å². The van der Waals surface area contributed by atoms with Gasteiger partial charge >= 0.3 is 6.09 Å². The van der Waals surface area contributed by atoms with Gasteiger partial charge in [0.25, 0.3) is 0 Å². The summed E-state index contributed by atoms with van der Waals surface area (Å²) in [6, 6.07) is 9.93. The van der Waals surface area contributed by atoms with Crippen LogP contribution in [0.4, 0.5) is 10.5 Å². The van der Waals surface area contributed by atoms with Gasteiger partial charge in [-0.1, -0.05) is 13.8 Å². The molecular formula is C23H28N4O4. The Morgan fingerprint density at radius 1 is 1.19 bits per heavy atom. The SMILES string of the molecule is CCc1cc(Oc2ccc(NC(=O)C(CC)NC(=O)OC(C)(C)C)cn2)ccc1C#N. The van der Waals surface area contributed by atoms with Crippen molar-refractivity contribution in [3.8, 4) is 17.7 Å². The summed E-state index contributed by atoms with van der Waals surface area (Å²) in [5.41, 5.74) is 1.33. The molecule has 2 aromatic rings. The average Bonchev–Trinajstić information content (AvgIpc) is 2.72. The maximum absolute atomic E-state index is 12.5. The second-order valence-electron chi connectivity index (χ2n) is 7.87. The number of carbonyl (C=O) groups is 2. The van der Waals surface area contributed by atoms with Gasteiger partial charge < -0.3 is 20.1 Å². The summed E-state index contributed by atoms with van der Waals surface area (Å²) in [4.78, 5) is 28.6. The lowest BCUT2D eigenvalue weighted by atomic mass is 10.1. The second-order valence-corrected chi connectivity index (χ2v) is 7.87. The van der Waals surface area contributed by atoms with E-state index in [-0.39, 0.29) is 5.91 Å². The van der Waals surface area contributed by atoms with E-state index in [2.05, 4.69) is 21.7 Å². The summed E-state index contributed by atoms with van der Waals surface area (Å²) in [5, 5.41) is 14.4. The predicted octanol–water partition coefficient (Wildman–Crippen LogP) is 4.55. The molecule has 8 heteroatoms. The number of rotatable bonds is 7. The van der Waals surface area contributed by atoms with Crippen molar-refractivity contribution >= 4 is 17.7 Å². The average molecular weight is 425 g/mol. The van der Waals surface area contributed by atoms with E-state index < -0.39 is 17.7 Å². The molecule has 2 amide bonds. The molecule has 0 radical (unpaired) electrons. The minimum atomic E-state index is -0.739. The van der Waals surface area contributed by atoms with Crippen molar-refractivity contribution in [3.63, 3.8) is 0 Å². The molecule has 2 N–H and O–H groups in total. The monoisotopic (exact) mass is 424 g/mol. The van der Waals surface area contributed by atoms with Crippen LogP contribution in [0, 0.1) is 11.3 Å². The van der Waals surface area contributed by atoms with Gasteiger partial charge in [-0.2, -0.15) is 5.26 Å². The number of aromatic nitrogens is 1. The molecule has 1 heterocycles. The first-order chi connectivity index (χ1) is 14.6. The second kappa shape index (κ2) is 10.4. The van der Waals surface area contributed by atoms with E-state index >= 15 is 0 Å². The number of hydrogen-bond acceptors (Lipinski definition) is 6. The Morgan fingerprint density at radius 2 is 1.94 bits per heavy atom. The molecule has 1 atom stereocenters. The number of nitriles is 1. The molecule has 0 saturated carbocycles. The number of anilines is 1. The number of nitrogens with zero attached hydrogens (tertiary/aromatic N) is 2. The molecule has 0 aliphatic heterocycles. The molecule has 0 aliphatic rings. The molecule has 8 nitrogen and oxygen atoms in total. The number of carbonyl (C=O) groups excluding carboxylic acids is 2. The van der Waals surface area contributed by atoms with E-state index in [9.17, 15) is 9.59 Å². The van der Waals surface area contributed by atoms with Crippen molar-refractivity contribution < 1.29 is 19.1 Å². The number of hydrogen-bond donors (Lipinski definition) is 2.